The third kappa shape index (κ3) is 5.25. The van der Waals surface area contributed by atoms with Crippen LogP contribution in [0.5, 0.6) is 0 Å². The van der Waals surface area contributed by atoms with Gasteiger partial charge in [-0.1, -0.05) is 23.4 Å². The summed E-state index contributed by atoms with van der Waals surface area (Å²) in [6.07, 6.45) is 5.56. The number of hydrogen-bond donors (Lipinski definition) is 1. The molecular formula is C26H31FN4O2. The first-order chi connectivity index (χ1) is 16.2. The molecule has 174 valence electrons. The molecule has 0 bridgehead atoms. The Labute approximate surface area is 193 Å². The normalized spacial score (nSPS) is 19.2. The predicted octanol–water partition coefficient (Wildman–Crippen LogP) is 4.59. The van der Waals surface area contributed by atoms with Crippen molar-refractivity contribution in [1.29, 1.82) is 0 Å². The molecular weight excluding hydrogens is 419 g/mol. The fourth-order valence-corrected chi connectivity index (χ4v) is 5.15. The van der Waals surface area contributed by atoms with Gasteiger partial charge in [0.1, 0.15) is 5.82 Å². The van der Waals surface area contributed by atoms with Crippen LogP contribution in [-0.2, 0) is 0 Å². The Bertz CT molecular complexity index is 1070. The molecule has 2 aliphatic heterocycles. The maximum Gasteiger partial charge on any atom is 0.265 e. The summed E-state index contributed by atoms with van der Waals surface area (Å²) >= 11 is 0. The second-order valence-corrected chi connectivity index (χ2v) is 9.35. The van der Waals surface area contributed by atoms with Crippen LogP contribution in [0.15, 0.2) is 53.1 Å². The van der Waals surface area contributed by atoms with Crippen LogP contribution < -0.4 is 5.43 Å². The molecule has 0 spiro atoms. The number of carbonyl (C=O) groups is 1. The van der Waals surface area contributed by atoms with Crippen LogP contribution in [-0.4, -0.2) is 53.7 Å². The van der Waals surface area contributed by atoms with Crippen LogP contribution in [0.4, 0.5) is 4.39 Å². The van der Waals surface area contributed by atoms with Crippen LogP contribution in [0.3, 0.4) is 0 Å². The van der Waals surface area contributed by atoms with Gasteiger partial charge in [0, 0.05) is 36.0 Å². The van der Waals surface area contributed by atoms with Crippen molar-refractivity contribution >= 4 is 16.9 Å². The largest absolute Gasteiger partial charge is 0.356 e. The van der Waals surface area contributed by atoms with Crippen LogP contribution in [0.2, 0.25) is 0 Å². The van der Waals surface area contributed by atoms with E-state index >= 15 is 0 Å². The van der Waals surface area contributed by atoms with Crippen molar-refractivity contribution in [3.05, 3.63) is 65.6 Å². The van der Waals surface area contributed by atoms with E-state index in [2.05, 4.69) is 20.5 Å². The minimum Gasteiger partial charge on any atom is -0.356 e. The number of fused-ring (bicyclic) bond motifs is 1. The van der Waals surface area contributed by atoms with Crippen molar-refractivity contribution in [2.75, 3.05) is 32.7 Å². The molecule has 3 heterocycles. The number of hydrazine groups is 1. The zero-order valence-corrected chi connectivity index (χ0v) is 18.9. The number of hydrogen-bond acceptors (Lipinski definition) is 5. The highest BCUT2D eigenvalue weighted by molar-refractivity contribution is 5.93. The quantitative estimate of drug-likeness (QED) is 0.595. The van der Waals surface area contributed by atoms with E-state index in [0.29, 0.717) is 23.0 Å². The lowest BCUT2D eigenvalue weighted by Gasteiger charge is -2.35. The van der Waals surface area contributed by atoms with Gasteiger partial charge in [-0.15, -0.1) is 0 Å². The summed E-state index contributed by atoms with van der Waals surface area (Å²) in [5, 5.41) is 7.26. The minimum atomic E-state index is -0.288. The molecule has 1 aromatic heterocycles. The van der Waals surface area contributed by atoms with Crippen molar-refractivity contribution in [1.82, 2.24) is 20.5 Å². The lowest BCUT2D eigenvalue weighted by molar-refractivity contribution is 0.0684. The number of nitrogens with zero attached hydrogens (tertiary/aromatic N) is 3. The van der Waals surface area contributed by atoms with E-state index in [4.69, 9.17) is 4.52 Å². The zero-order valence-electron chi connectivity index (χ0n) is 18.9. The monoisotopic (exact) mass is 450 g/mol. The smallest absolute Gasteiger partial charge is 0.265 e. The van der Waals surface area contributed by atoms with E-state index in [1.165, 1.54) is 18.6 Å². The zero-order chi connectivity index (χ0) is 22.6. The van der Waals surface area contributed by atoms with E-state index in [1.807, 2.05) is 30.3 Å². The van der Waals surface area contributed by atoms with Crippen LogP contribution in [0.1, 0.15) is 54.1 Å². The SMILES string of the molecule is O=C(NN1CCC(CCN2CCC(c3noc4cc(F)ccc34)CC2)CC1)c1ccccc1. The number of amides is 1. The number of carbonyl (C=O) groups excluding carboxylic acids is 1. The molecule has 3 aromatic rings. The second kappa shape index (κ2) is 10.0. The summed E-state index contributed by atoms with van der Waals surface area (Å²) in [7, 11) is 0. The highest BCUT2D eigenvalue weighted by Crippen LogP contribution is 2.33. The number of rotatable bonds is 6. The maximum absolute atomic E-state index is 13.4. The highest BCUT2D eigenvalue weighted by Gasteiger charge is 2.26. The molecule has 7 heteroatoms. The molecule has 1 N–H and O–H groups in total. The summed E-state index contributed by atoms with van der Waals surface area (Å²) in [5.41, 5.74) is 5.27. The Morgan fingerprint density at radius 1 is 1.03 bits per heavy atom. The van der Waals surface area contributed by atoms with Crippen molar-refractivity contribution < 1.29 is 13.7 Å². The third-order valence-corrected chi connectivity index (χ3v) is 7.20. The number of likely N-dealkylation sites (tertiary alicyclic amines) is 1. The first-order valence-electron chi connectivity index (χ1n) is 12.0. The fraction of sp³-hybridized carbons (Fsp3) is 0.462. The standard InChI is InChI=1S/C26H31FN4O2/c27-22-6-7-23-24(18-22)33-29-25(23)20-11-14-30(15-12-20)13-8-19-9-16-31(17-10-19)28-26(32)21-4-2-1-3-5-21/h1-7,18-20H,8-17H2,(H,28,32). The average molecular weight is 451 g/mol. The topological polar surface area (TPSA) is 61.6 Å². The summed E-state index contributed by atoms with van der Waals surface area (Å²) in [6, 6.07) is 14.1. The van der Waals surface area contributed by atoms with Crippen molar-refractivity contribution in [2.24, 2.45) is 5.92 Å². The van der Waals surface area contributed by atoms with Gasteiger partial charge in [0.25, 0.3) is 5.91 Å². The van der Waals surface area contributed by atoms with Gasteiger partial charge in [-0.05, 0) is 81.9 Å². The van der Waals surface area contributed by atoms with Gasteiger partial charge in [0.2, 0.25) is 0 Å². The van der Waals surface area contributed by atoms with E-state index in [1.54, 1.807) is 6.07 Å². The Hall–Kier alpha value is -2.77. The Kier molecular flexibility index (Phi) is 6.69. The van der Waals surface area contributed by atoms with Gasteiger partial charge in [0.05, 0.1) is 5.69 Å². The number of halogens is 1. The Balaban J connectivity index is 1.03. The molecule has 1 amide bonds. The van der Waals surface area contributed by atoms with Crippen LogP contribution >= 0.6 is 0 Å². The van der Waals surface area contributed by atoms with E-state index in [-0.39, 0.29) is 11.7 Å². The number of nitrogens with one attached hydrogen (secondary N) is 1. The molecule has 0 radical (unpaired) electrons. The molecule has 0 saturated carbocycles. The molecule has 6 nitrogen and oxygen atoms in total. The lowest BCUT2D eigenvalue weighted by atomic mass is 9.90. The molecule has 33 heavy (non-hydrogen) atoms. The highest BCUT2D eigenvalue weighted by atomic mass is 19.1. The first kappa shape index (κ1) is 22.0. The number of aromatic nitrogens is 1. The van der Waals surface area contributed by atoms with E-state index in [0.717, 1.165) is 69.5 Å². The fourth-order valence-electron chi connectivity index (χ4n) is 5.15. The Morgan fingerprint density at radius 3 is 2.55 bits per heavy atom. The number of piperidine rings is 2. The van der Waals surface area contributed by atoms with Crippen molar-refractivity contribution in [2.45, 2.75) is 38.0 Å². The molecule has 0 unspecified atom stereocenters. The second-order valence-electron chi connectivity index (χ2n) is 9.35. The van der Waals surface area contributed by atoms with Gasteiger partial charge >= 0.3 is 0 Å². The maximum atomic E-state index is 13.4. The molecule has 0 atom stereocenters. The summed E-state index contributed by atoms with van der Waals surface area (Å²) in [6.45, 7) is 5.06. The van der Waals surface area contributed by atoms with Gasteiger partial charge in [-0.25, -0.2) is 9.40 Å². The van der Waals surface area contributed by atoms with E-state index < -0.39 is 0 Å². The van der Waals surface area contributed by atoms with Gasteiger partial charge in [-0.2, -0.15) is 0 Å². The third-order valence-electron chi connectivity index (χ3n) is 7.20. The molecule has 2 aliphatic rings. The van der Waals surface area contributed by atoms with Crippen molar-refractivity contribution in [3.63, 3.8) is 0 Å². The predicted molar refractivity (Wildman–Crippen MR) is 125 cm³/mol. The molecule has 2 fully saturated rings. The van der Waals surface area contributed by atoms with Crippen LogP contribution in [0.25, 0.3) is 11.0 Å². The summed E-state index contributed by atoms with van der Waals surface area (Å²) in [4.78, 5) is 14.9. The average Bonchev–Trinajstić information content (AvgIpc) is 3.27. The first-order valence-corrected chi connectivity index (χ1v) is 12.0. The Morgan fingerprint density at radius 2 is 1.79 bits per heavy atom. The number of benzene rings is 2. The van der Waals surface area contributed by atoms with Crippen LogP contribution in [0, 0.1) is 11.7 Å². The summed E-state index contributed by atoms with van der Waals surface area (Å²) in [5.74, 6) is 0.776. The summed E-state index contributed by atoms with van der Waals surface area (Å²) < 4.78 is 18.8. The molecule has 2 saturated heterocycles. The van der Waals surface area contributed by atoms with Crippen molar-refractivity contribution in [3.8, 4) is 0 Å². The van der Waals surface area contributed by atoms with Gasteiger partial charge in [0.15, 0.2) is 5.58 Å². The lowest BCUT2D eigenvalue weighted by Crippen LogP contribution is -2.47. The minimum absolute atomic E-state index is 0.0260. The molecule has 0 aliphatic carbocycles. The van der Waals surface area contributed by atoms with Gasteiger partial charge < -0.3 is 9.42 Å². The van der Waals surface area contributed by atoms with Gasteiger partial charge in [-0.3, -0.25) is 10.2 Å². The molecule has 5 rings (SSSR count). The molecule has 2 aromatic carbocycles. The van der Waals surface area contributed by atoms with E-state index in [9.17, 15) is 9.18 Å².